The van der Waals surface area contributed by atoms with E-state index < -0.39 is 0 Å². The minimum Gasteiger partial charge on any atom is -0.480 e. The van der Waals surface area contributed by atoms with E-state index in [4.69, 9.17) is 4.74 Å². The summed E-state index contributed by atoms with van der Waals surface area (Å²) in [5.41, 5.74) is 1.08. The van der Waals surface area contributed by atoms with Gasteiger partial charge in [-0.15, -0.1) is 0 Å². The molecule has 0 spiro atoms. The van der Waals surface area contributed by atoms with Crippen molar-refractivity contribution in [3.05, 3.63) is 18.3 Å². The van der Waals surface area contributed by atoms with Crippen LogP contribution >= 0.6 is 0 Å². The van der Waals surface area contributed by atoms with Gasteiger partial charge in [-0.3, -0.25) is 0 Å². The van der Waals surface area contributed by atoms with Crippen LogP contribution < -0.4 is 15.0 Å². The first kappa shape index (κ1) is 11.2. The van der Waals surface area contributed by atoms with E-state index in [1.165, 1.54) is 12.8 Å². The molecule has 0 radical (unpaired) electrons. The molecule has 1 saturated heterocycles. The molecular formula is C12H19N3O. The predicted molar refractivity (Wildman–Crippen MR) is 65.1 cm³/mol. The Morgan fingerprint density at radius 1 is 1.44 bits per heavy atom. The van der Waals surface area contributed by atoms with E-state index in [1.807, 2.05) is 6.07 Å². The van der Waals surface area contributed by atoms with Crippen molar-refractivity contribution in [1.29, 1.82) is 0 Å². The molecule has 1 N–H and O–H groups in total. The molecule has 0 amide bonds. The minimum absolute atomic E-state index is 0.583. The monoisotopic (exact) mass is 221 g/mol. The Kier molecular flexibility index (Phi) is 3.62. The molecule has 0 unspecified atom stereocenters. The highest BCUT2D eigenvalue weighted by Crippen LogP contribution is 2.27. The van der Waals surface area contributed by atoms with E-state index in [9.17, 15) is 0 Å². The van der Waals surface area contributed by atoms with Gasteiger partial charge >= 0.3 is 0 Å². The van der Waals surface area contributed by atoms with Crippen molar-refractivity contribution in [3.8, 4) is 5.88 Å². The summed E-state index contributed by atoms with van der Waals surface area (Å²) in [5.74, 6) is 0.712. The maximum Gasteiger partial charge on any atom is 0.237 e. The number of ether oxygens (including phenoxy) is 1. The van der Waals surface area contributed by atoms with Crippen LogP contribution in [-0.4, -0.2) is 38.3 Å². The maximum atomic E-state index is 5.29. The van der Waals surface area contributed by atoms with Gasteiger partial charge in [0.25, 0.3) is 0 Å². The largest absolute Gasteiger partial charge is 0.480 e. The third-order valence-corrected chi connectivity index (χ3v) is 3.18. The highest BCUT2D eigenvalue weighted by molar-refractivity contribution is 5.54. The molecule has 1 fully saturated rings. The summed E-state index contributed by atoms with van der Waals surface area (Å²) in [5, 5.41) is 3.38. The van der Waals surface area contributed by atoms with E-state index in [2.05, 4.69) is 28.3 Å². The minimum atomic E-state index is 0.583. The van der Waals surface area contributed by atoms with Crippen LogP contribution in [0.5, 0.6) is 5.88 Å². The van der Waals surface area contributed by atoms with Crippen molar-refractivity contribution in [1.82, 2.24) is 10.3 Å². The molecule has 0 aromatic carbocycles. The number of rotatable bonds is 3. The molecule has 1 aromatic rings. The third-order valence-electron chi connectivity index (χ3n) is 3.18. The number of anilines is 1. The Morgan fingerprint density at radius 2 is 2.19 bits per heavy atom. The van der Waals surface area contributed by atoms with E-state index in [-0.39, 0.29) is 0 Å². The molecule has 0 aliphatic carbocycles. The smallest absolute Gasteiger partial charge is 0.237 e. The summed E-state index contributed by atoms with van der Waals surface area (Å²) in [4.78, 5) is 6.52. The van der Waals surface area contributed by atoms with Crippen LogP contribution in [0.25, 0.3) is 0 Å². The number of aromatic nitrogens is 1. The summed E-state index contributed by atoms with van der Waals surface area (Å²) in [7, 11) is 3.79. The molecule has 1 aromatic heterocycles. The molecule has 4 nitrogen and oxygen atoms in total. The summed E-state index contributed by atoms with van der Waals surface area (Å²) >= 11 is 0. The molecule has 0 saturated carbocycles. The number of hydrogen-bond donors (Lipinski definition) is 1. The number of nitrogens with one attached hydrogen (secondary N) is 1. The maximum absolute atomic E-state index is 5.29. The van der Waals surface area contributed by atoms with Crippen molar-refractivity contribution in [2.75, 3.05) is 32.1 Å². The van der Waals surface area contributed by atoms with Gasteiger partial charge in [0.2, 0.25) is 5.88 Å². The second-order valence-electron chi connectivity index (χ2n) is 4.12. The number of nitrogens with zero attached hydrogens (tertiary/aromatic N) is 2. The Bertz CT molecular complexity index is 337. The fourth-order valence-corrected chi connectivity index (χ4v) is 2.20. The average Bonchev–Trinajstić information content (AvgIpc) is 2.39. The van der Waals surface area contributed by atoms with E-state index >= 15 is 0 Å². The van der Waals surface area contributed by atoms with Crippen molar-refractivity contribution in [2.45, 2.75) is 18.9 Å². The van der Waals surface area contributed by atoms with Gasteiger partial charge < -0.3 is 15.0 Å². The highest BCUT2D eigenvalue weighted by Gasteiger charge is 2.20. The normalized spacial score (nSPS) is 17.1. The predicted octanol–water partition coefficient (Wildman–Crippen LogP) is 1.28. The number of pyridine rings is 1. The highest BCUT2D eigenvalue weighted by atomic mass is 16.5. The van der Waals surface area contributed by atoms with Gasteiger partial charge in [-0.05, 0) is 38.1 Å². The van der Waals surface area contributed by atoms with Crippen LogP contribution in [0, 0.1) is 0 Å². The molecular weight excluding hydrogens is 202 g/mol. The molecule has 0 bridgehead atoms. The summed E-state index contributed by atoms with van der Waals surface area (Å²) in [6.45, 7) is 2.19. The third kappa shape index (κ3) is 2.27. The fourth-order valence-electron chi connectivity index (χ4n) is 2.20. The first-order valence-electron chi connectivity index (χ1n) is 5.75. The molecule has 0 atom stereocenters. The van der Waals surface area contributed by atoms with Crippen molar-refractivity contribution >= 4 is 5.69 Å². The molecule has 1 aliphatic rings. The van der Waals surface area contributed by atoms with Crippen LogP contribution in [0.4, 0.5) is 5.69 Å². The Balaban J connectivity index is 2.15. The summed E-state index contributed by atoms with van der Waals surface area (Å²) in [6.07, 6.45) is 4.11. The summed E-state index contributed by atoms with van der Waals surface area (Å²) in [6, 6.07) is 4.60. The van der Waals surface area contributed by atoms with Gasteiger partial charge in [0.05, 0.1) is 12.8 Å². The quantitative estimate of drug-likeness (QED) is 0.834. The molecule has 88 valence electrons. The van der Waals surface area contributed by atoms with Crippen LogP contribution in [0.15, 0.2) is 18.3 Å². The molecule has 1 aliphatic heterocycles. The standard InChI is InChI=1S/C12H19N3O/c1-15(10-5-8-13-9-6-10)11-4-3-7-14-12(11)16-2/h3-4,7,10,13H,5-6,8-9H2,1-2H3. The molecule has 4 heteroatoms. The van der Waals surface area contributed by atoms with E-state index in [0.717, 1.165) is 18.8 Å². The van der Waals surface area contributed by atoms with Crippen LogP contribution in [-0.2, 0) is 0 Å². The first-order valence-corrected chi connectivity index (χ1v) is 5.75. The zero-order valence-corrected chi connectivity index (χ0v) is 9.94. The number of piperidine rings is 1. The van der Waals surface area contributed by atoms with Gasteiger partial charge in [-0.2, -0.15) is 0 Å². The van der Waals surface area contributed by atoms with Gasteiger partial charge in [0, 0.05) is 19.3 Å². The molecule has 2 rings (SSSR count). The lowest BCUT2D eigenvalue weighted by Crippen LogP contribution is -2.41. The number of hydrogen-bond acceptors (Lipinski definition) is 4. The van der Waals surface area contributed by atoms with Crippen molar-refractivity contribution in [3.63, 3.8) is 0 Å². The lowest BCUT2D eigenvalue weighted by molar-refractivity contribution is 0.391. The van der Waals surface area contributed by atoms with E-state index in [0.29, 0.717) is 11.9 Å². The van der Waals surface area contributed by atoms with Crippen molar-refractivity contribution in [2.24, 2.45) is 0 Å². The molecule has 16 heavy (non-hydrogen) atoms. The Labute approximate surface area is 96.6 Å². The topological polar surface area (TPSA) is 37.4 Å². The Morgan fingerprint density at radius 3 is 2.88 bits per heavy atom. The van der Waals surface area contributed by atoms with Crippen LogP contribution in [0.1, 0.15) is 12.8 Å². The lowest BCUT2D eigenvalue weighted by Gasteiger charge is -2.33. The van der Waals surface area contributed by atoms with Gasteiger partial charge in [-0.1, -0.05) is 0 Å². The lowest BCUT2D eigenvalue weighted by atomic mass is 10.0. The van der Waals surface area contributed by atoms with E-state index in [1.54, 1.807) is 13.3 Å². The zero-order valence-electron chi connectivity index (χ0n) is 9.94. The fraction of sp³-hybridized carbons (Fsp3) is 0.583. The first-order chi connectivity index (χ1) is 7.83. The van der Waals surface area contributed by atoms with Gasteiger partial charge in [0.1, 0.15) is 0 Å². The zero-order chi connectivity index (χ0) is 11.4. The van der Waals surface area contributed by atoms with Crippen LogP contribution in [0.3, 0.4) is 0 Å². The Hall–Kier alpha value is -1.29. The number of methoxy groups -OCH3 is 1. The van der Waals surface area contributed by atoms with Crippen molar-refractivity contribution < 1.29 is 4.74 Å². The second kappa shape index (κ2) is 5.16. The SMILES string of the molecule is COc1ncccc1N(C)C1CCNCC1. The summed E-state index contributed by atoms with van der Waals surface area (Å²) < 4.78 is 5.29. The average molecular weight is 221 g/mol. The van der Waals surface area contributed by atoms with Crippen LogP contribution in [0.2, 0.25) is 0 Å². The molecule has 2 heterocycles. The van der Waals surface area contributed by atoms with Gasteiger partial charge in [-0.25, -0.2) is 4.98 Å². The van der Waals surface area contributed by atoms with Gasteiger partial charge in [0.15, 0.2) is 0 Å². The second-order valence-corrected chi connectivity index (χ2v) is 4.12.